The minimum atomic E-state index is -2.15. The van der Waals surface area contributed by atoms with E-state index < -0.39 is 19.2 Å². The number of carbonyl (C=O) groups is 1. The van der Waals surface area contributed by atoms with E-state index in [0.29, 0.717) is 11.3 Å². The molecule has 0 aliphatic heterocycles. The van der Waals surface area contributed by atoms with Crippen molar-refractivity contribution in [3.63, 3.8) is 0 Å². The number of nitro groups is 1. The summed E-state index contributed by atoms with van der Waals surface area (Å²) in [5, 5.41) is 11.4. The Morgan fingerprint density at radius 1 is 1.35 bits per heavy atom. The second-order valence-electron chi connectivity index (χ2n) is 6.68. The number of carbonyl (C=O) groups excluding carboxylic acids is 1. The molecule has 0 amide bonds. The highest BCUT2D eigenvalue weighted by Gasteiger charge is 2.40. The topological polar surface area (TPSA) is 78.7 Å². The van der Waals surface area contributed by atoms with Gasteiger partial charge in [-0.3, -0.25) is 10.1 Å². The van der Waals surface area contributed by atoms with Crippen LogP contribution in [0, 0.1) is 10.1 Å². The minimum absolute atomic E-state index is 0.0379. The van der Waals surface area contributed by atoms with Crippen molar-refractivity contribution in [2.24, 2.45) is 0 Å². The van der Waals surface area contributed by atoms with E-state index in [4.69, 9.17) is 9.16 Å². The first kappa shape index (κ1) is 19.6. The van der Waals surface area contributed by atoms with Gasteiger partial charge < -0.3 is 9.16 Å². The number of rotatable bonds is 5. The predicted octanol–water partition coefficient (Wildman–Crippen LogP) is 4.66. The molecule has 0 aromatic heterocycles. The third kappa shape index (κ3) is 4.11. The number of hydrogen-bond donors (Lipinski definition) is 0. The lowest BCUT2D eigenvalue weighted by Crippen LogP contribution is -2.44. The van der Waals surface area contributed by atoms with E-state index in [2.05, 4.69) is 49.8 Å². The summed E-state index contributed by atoms with van der Waals surface area (Å²) in [4.78, 5) is 22.7. The van der Waals surface area contributed by atoms with Crippen molar-refractivity contribution in [3.05, 3.63) is 33.4 Å². The maximum absolute atomic E-state index is 12.0. The van der Waals surface area contributed by atoms with E-state index in [1.807, 2.05) is 0 Å². The molecular weight excluding hydrogens is 382 g/mol. The van der Waals surface area contributed by atoms with Crippen LogP contribution < -0.4 is 4.43 Å². The summed E-state index contributed by atoms with van der Waals surface area (Å²) in [5.41, 5.74) is 0.0929. The molecule has 0 aliphatic carbocycles. The van der Waals surface area contributed by atoms with Crippen LogP contribution in [-0.4, -0.2) is 26.3 Å². The molecule has 1 aromatic rings. The Labute approximate surface area is 145 Å². The first-order valence-electron chi connectivity index (χ1n) is 7.09. The van der Waals surface area contributed by atoms with Crippen LogP contribution >= 0.6 is 15.9 Å². The standard InChI is InChI=1S/C15H22BrNO5Si/c1-15(2,3)23(5,6)22-12-8-7-11(17(19)20)13(10(12)9-16)14(18)21-4/h7-8H,9H2,1-6H3. The quantitative estimate of drug-likeness (QED) is 0.235. The fourth-order valence-corrected chi connectivity index (χ4v) is 3.36. The lowest BCUT2D eigenvalue weighted by atomic mass is 10.1. The molecule has 0 spiro atoms. The molecule has 0 N–H and O–H groups in total. The number of alkyl halides is 1. The van der Waals surface area contributed by atoms with Gasteiger partial charge in [-0.25, -0.2) is 4.79 Å². The molecule has 0 atom stereocenters. The van der Waals surface area contributed by atoms with Gasteiger partial charge in [0.2, 0.25) is 8.32 Å². The third-order valence-corrected chi connectivity index (χ3v) is 9.04. The fraction of sp³-hybridized carbons (Fsp3) is 0.533. The highest BCUT2D eigenvalue weighted by molar-refractivity contribution is 9.08. The molecular formula is C15H22BrNO5Si. The molecule has 0 unspecified atom stereocenters. The molecule has 1 aromatic carbocycles. The Morgan fingerprint density at radius 2 is 1.91 bits per heavy atom. The third-order valence-electron chi connectivity index (χ3n) is 4.14. The number of methoxy groups -OCH3 is 1. The predicted molar refractivity (Wildman–Crippen MR) is 94.9 cm³/mol. The van der Waals surface area contributed by atoms with Gasteiger partial charge in [-0.05, 0) is 24.2 Å². The number of benzene rings is 1. The average molecular weight is 404 g/mol. The number of hydrogen-bond acceptors (Lipinski definition) is 5. The molecule has 0 bridgehead atoms. The molecule has 0 saturated carbocycles. The molecule has 0 fully saturated rings. The number of halogens is 1. The lowest BCUT2D eigenvalue weighted by molar-refractivity contribution is -0.385. The number of esters is 1. The number of nitrogens with zero attached hydrogens (tertiary/aromatic N) is 1. The molecule has 0 heterocycles. The van der Waals surface area contributed by atoms with Gasteiger partial charge in [0.1, 0.15) is 11.3 Å². The van der Waals surface area contributed by atoms with Crippen LogP contribution in [0.4, 0.5) is 5.69 Å². The summed E-state index contributed by atoms with van der Waals surface area (Å²) < 4.78 is 11.0. The van der Waals surface area contributed by atoms with Crippen molar-refractivity contribution >= 4 is 35.9 Å². The highest BCUT2D eigenvalue weighted by Crippen LogP contribution is 2.40. The molecule has 128 valence electrons. The first-order valence-corrected chi connectivity index (χ1v) is 11.1. The Balaban J connectivity index is 3.53. The second kappa shape index (κ2) is 7.00. The molecule has 23 heavy (non-hydrogen) atoms. The molecule has 6 nitrogen and oxygen atoms in total. The Hall–Kier alpha value is -1.41. The molecule has 0 saturated heterocycles. The molecule has 8 heteroatoms. The number of ether oxygens (including phenoxy) is 1. The lowest BCUT2D eigenvalue weighted by Gasteiger charge is -2.37. The van der Waals surface area contributed by atoms with Crippen LogP contribution in [0.15, 0.2) is 12.1 Å². The Kier molecular flexibility index (Phi) is 5.98. The van der Waals surface area contributed by atoms with Crippen molar-refractivity contribution < 1.29 is 18.9 Å². The summed E-state index contributed by atoms with van der Waals surface area (Å²) in [6.07, 6.45) is 0. The van der Waals surface area contributed by atoms with E-state index in [1.165, 1.54) is 13.2 Å². The van der Waals surface area contributed by atoms with Gasteiger partial charge in [0, 0.05) is 17.0 Å². The number of nitro benzene ring substituents is 1. The maximum atomic E-state index is 12.0. The summed E-state index contributed by atoms with van der Waals surface area (Å²) in [7, 11) is -0.949. The summed E-state index contributed by atoms with van der Waals surface area (Å²) in [6.45, 7) is 10.4. The van der Waals surface area contributed by atoms with Gasteiger partial charge in [0.15, 0.2) is 0 Å². The van der Waals surface area contributed by atoms with Crippen LogP contribution in [0.2, 0.25) is 18.1 Å². The summed E-state index contributed by atoms with van der Waals surface area (Å²) >= 11 is 3.30. The van der Waals surface area contributed by atoms with Crippen molar-refractivity contribution in [3.8, 4) is 5.75 Å². The fourth-order valence-electron chi connectivity index (χ4n) is 1.75. The zero-order valence-corrected chi connectivity index (χ0v) is 16.8. The van der Waals surface area contributed by atoms with Crippen LogP contribution in [0.1, 0.15) is 36.7 Å². The van der Waals surface area contributed by atoms with Crippen LogP contribution in [0.3, 0.4) is 0 Å². The van der Waals surface area contributed by atoms with Crippen molar-refractivity contribution in [2.45, 2.75) is 44.2 Å². The second-order valence-corrected chi connectivity index (χ2v) is 12.0. The average Bonchev–Trinajstić information content (AvgIpc) is 2.43. The van der Waals surface area contributed by atoms with Gasteiger partial charge in [-0.1, -0.05) is 36.7 Å². The van der Waals surface area contributed by atoms with E-state index in [-0.39, 0.29) is 21.6 Å². The van der Waals surface area contributed by atoms with E-state index in [0.717, 1.165) is 0 Å². The highest BCUT2D eigenvalue weighted by atomic mass is 79.9. The van der Waals surface area contributed by atoms with Crippen LogP contribution in [-0.2, 0) is 10.1 Å². The smallest absolute Gasteiger partial charge is 0.345 e. The van der Waals surface area contributed by atoms with Crippen molar-refractivity contribution in [2.75, 3.05) is 7.11 Å². The zero-order valence-electron chi connectivity index (χ0n) is 14.2. The molecule has 0 radical (unpaired) electrons. The van der Waals surface area contributed by atoms with Crippen molar-refractivity contribution in [1.82, 2.24) is 0 Å². The zero-order chi connectivity index (χ0) is 18.0. The minimum Gasteiger partial charge on any atom is -0.543 e. The van der Waals surface area contributed by atoms with Gasteiger partial charge in [-0.2, -0.15) is 0 Å². The summed E-state index contributed by atoms with van der Waals surface area (Å²) in [5.74, 6) is -0.258. The molecule has 0 aliphatic rings. The van der Waals surface area contributed by atoms with Crippen LogP contribution in [0.25, 0.3) is 0 Å². The van der Waals surface area contributed by atoms with Crippen LogP contribution in [0.5, 0.6) is 5.75 Å². The molecule has 1 rings (SSSR count). The van der Waals surface area contributed by atoms with E-state index in [1.54, 1.807) is 6.07 Å². The normalized spacial score (nSPS) is 12.0. The van der Waals surface area contributed by atoms with Gasteiger partial charge in [-0.15, -0.1) is 0 Å². The van der Waals surface area contributed by atoms with Crippen molar-refractivity contribution in [1.29, 1.82) is 0 Å². The first-order chi connectivity index (χ1) is 10.5. The van der Waals surface area contributed by atoms with Gasteiger partial charge in [0.25, 0.3) is 5.69 Å². The monoisotopic (exact) mass is 403 g/mol. The van der Waals surface area contributed by atoms with E-state index in [9.17, 15) is 14.9 Å². The van der Waals surface area contributed by atoms with Gasteiger partial charge >= 0.3 is 5.97 Å². The summed E-state index contributed by atoms with van der Waals surface area (Å²) in [6, 6.07) is 2.85. The van der Waals surface area contributed by atoms with E-state index >= 15 is 0 Å². The SMILES string of the molecule is COC(=O)c1c([N+](=O)[O-])ccc(O[Si](C)(C)C(C)(C)C)c1CBr. The van der Waals surface area contributed by atoms with Gasteiger partial charge in [0.05, 0.1) is 12.0 Å². The maximum Gasteiger partial charge on any atom is 0.345 e. The Bertz CT molecular complexity index is 625. The Morgan fingerprint density at radius 3 is 2.30 bits per heavy atom. The largest absolute Gasteiger partial charge is 0.543 e.